The zero-order chi connectivity index (χ0) is 11.9. The first-order chi connectivity index (χ1) is 8.34. The number of hydrogen-bond donors (Lipinski definition) is 0. The molecule has 0 N–H and O–H groups in total. The van der Waals surface area contributed by atoms with Gasteiger partial charge in [0, 0.05) is 6.42 Å². The Kier molecular flexibility index (Phi) is 4.37. The Labute approximate surface area is 102 Å². The lowest BCUT2D eigenvalue weighted by molar-refractivity contribution is -0.142. The number of benzene rings is 1. The molecule has 0 heterocycles. The van der Waals surface area contributed by atoms with Crippen molar-refractivity contribution in [2.24, 2.45) is 5.92 Å². The van der Waals surface area contributed by atoms with E-state index in [4.69, 9.17) is 4.74 Å². The highest BCUT2D eigenvalue weighted by Gasteiger charge is 2.21. The number of esters is 1. The van der Waals surface area contributed by atoms with Gasteiger partial charge < -0.3 is 4.74 Å². The molecule has 0 aromatic heterocycles. The highest BCUT2D eigenvalue weighted by molar-refractivity contribution is 5.69. The SMILES string of the molecule is O=C(CCC1CC1)OC/C=C/c1ccccc1. The third kappa shape index (κ3) is 4.85. The molecule has 90 valence electrons. The summed E-state index contributed by atoms with van der Waals surface area (Å²) in [5.41, 5.74) is 1.13. The average molecular weight is 230 g/mol. The highest BCUT2D eigenvalue weighted by atomic mass is 16.5. The van der Waals surface area contributed by atoms with Crippen LogP contribution in [0.2, 0.25) is 0 Å². The van der Waals surface area contributed by atoms with E-state index >= 15 is 0 Å². The molecular weight excluding hydrogens is 212 g/mol. The molecule has 0 radical (unpaired) electrons. The minimum Gasteiger partial charge on any atom is -0.461 e. The molecule has 0 spiro atoms. The smallest absolute Gasteiger partial charge is 0.306 e. The number of rotatable bonds is 6. The van der Waals surface area contributed by atoms with Crippen molar-refractivity contribution >= 4 is 12.0 Å². The van der Waals surface area contributed by atoms with Gasteiger partial charge in [0.2, 0.25) is 0 Å². The Morgan fingerprint density at radius 2 is 2.06 bits per heavy atom. The fraction of sp³-hybridized carbons (Fsp3) is 0.400. The molecule has 1 aliphatic rings. The van der Waals surface area contributed by atoms with Crippen LogP contribution in [0.3, 0.4) is 0 Å². The normalized spacial score (nSPS) is 15.1. The Hall–Kier alpha value is -1.57. The molecule has 1 fully saturated rings. The lowest BCUT2D eigenvalue weighted by Gasteiger charge is -2.00. The van der Waals surface area contributed by atoms with E-state index < -0.39 is 0 Å². The van der Waals surface area contributed by atoms with Crippen LogP contribution in [-0.2, 0) is 9.53 Å². The second-order valence-electron chi connectivity index (χ2n) is 4.48. The standard InChI is InChI=1S/C15H18O2/c16-15(11-10-14-8-9-14)17-12-4-7-13-5-2-1-3-6-13/h1-7,14H,8-12H2/b7-4+. The summed E-state index contributed by atoms with van der Waals surface area (Å²) >= 11 is 0. The van der Waals surface area contributed by atoms with Gasteiger partial charge in [0.25, 0.3) is 0 Å². The van der Waals surface area contributed by atoms with Crippen molar-refractivity contribution in [1.29, 1.82) is 0 Å². The summed E-state index contributed by atoms with van der Waals surface area (Å²) in [6.07, 6.45) is 8.01. The first kappa shape index (κ1) is 11.9. The van der Waals surface area contributed by atoms with Crippen LogP contribution in [0.4, 0.5) is 0 Å². The molecule has 2 nitrogen and oxygen atoms in total. The van der Waals surface area contributed by atoms with E-state index in [1.807, 2.05) is 42.5 Å². The van der Waals surface area contributed by atoms with Gasteiger partial charge in [0.05, 0.1) is 0 Å². The molecule has 0 aliphatic heterocycles. The number of carbonyl (C=O) groups is 1. The van der Waals surface area contributed by atoms with Crippen LogP contribution in [0.1, 0.15) is 31.2 Å². The number of carbonyl (C=O) groups excluding carboxylic acids is 1. The van der Waals surface area contributed by atoms with Crippen LogP contribution < -0.4 is 0 Å². The molecule has 1 aromatic rings. The van der Waals surface area contributed by atoms with Crippen molar-refractivity contribution in [3.05, 3.63) is 42.0 Å². The fourth-order valence-electron chi connectivity index (χ4n) is 1.69. The third-order valence-electron chi connectivity index (χ3n) is 2.90. The largest absolute Gasteiger partial charge is 0.461 e. The quantitative estimate of drug-likeness (QED) is 0.700. The van der Waals surface area contributed by atoms with Crippen LogP contribution in [0, 0.1) is 5.92 Å². The van der Waals surface area contributed by atoms with Crippen LogP contribution >= 0.6 is 0 Å². The zero-order valence-electron chi connectivity index (χ0n) is 9.97. The summed E-state index contributed by atoms with van der Waals surface area (Å²) in [6.45, 7) is 0.373. The first-order valence-electron chi connectivity index (χ1n) is 6.22. The zero-order valence-corrected chi connectivity index (χ0v) is 9.97. The monoisotopic (exact) mass is 230 g/mol. The molecular formula is C15H18O2. The van der Waals surface area contributed by atoms with Crippen molar-refractivity contribution < 1.29 is 9.53 Å². The molecule has 0 bridgehead atoms. The maximum Gasteiger partial charge on any atom is 0.306 e. The third-order valence-corrected chi connectivity index (χ3v) is 2.90. The minimum atomic E-state index is -0.0744. The highest BCUT2D eigenvalue weighted by Crippen LogP contribution is 2.33. The maximum atomic E-state index is 11.3. The van der Waals surface area contributed by atoms with Gasteiger partial charge in [-0.15, -0.1) is 0 Å². The Morgan fingerprint density at radius 3 is 2.76 bits per heavy atom. The summed E-state index contributed by atoms with van der Waals surface area (Å²) < 4.78 is 5.12. The van der Waals surface area contributed by atoms with Crippen molar-refractivity contribution in [1.82, 2.24) is 0 Å². The lowest BCUT2D eigenvalue weighted by Crippen LogP contribution is -2.04. The predicted octanol–water partition coefficient (Wildman–Crippen LogP) is 3.43. The van der Waals surface area contributed by atoms with E-state index in [9.17, 15) is 4.79 Å². The summed E-state index contributed by atoms with van der Waals surface area (Å²) in [4.78, 5) is 11.3. The van der Waals surface area contributed by atoms with Gasteiger partial charge in [-0.25, -0.2) is 0 Å². The molecule has 0 unspecified atom stereocenters. The predicted molar refractivity (Wildman–Crippen MR) is 68.4 cm³/mol. The molecule has 17 heavy (non-hydrogen) atoms. The molecule has 0 atom stereocenters. The molecule has 0 saturated heterocycles. The van der Waals surface area contributed by atoms with Crippen molar-refractivity contribution in [3.8, 4) is 0 Å². The average Bonchev–Trinajstić information content (AvgIpc) is 3.17. The summed E-state index contributed by atoms with van der Waals surface area (Å²) in [6, 6.07) is 9.99. The van der Waals surface area contributed by atoms with Gasteiger partial charge >= 0.3 is 5.97 Å². The summed E-state index contributed by atoms with van der Waals surface area (Å²) in [5.74, 6) is 0.719. The Morgan fingerprint density at radius 1 is 1.29 bits per heavy atom. The molecule has 2 heteroatoms. The second kappa shape index (κ2) is 6.24. The van der Waals surface area contributed by atoms with Gasteiger partial charge in [0.1, 0.15) is 6.61 Å². The topological polar surface area (TPSA) is 26.3 Å². The molecule has 2 rings (SSSR count). The van der Waals surface area contributed by atoms with E-state index in [0.717, 1.165) is 17.9 Å². The Bertz CT molecular complexity index is 377. The number of hydrogen-bond acceptors (Lipinski definition) is 2. The van der Waals surface area contributed by atoms with Crippen molar-refractivity contribution in [2.45, 2.75) is 25.7 Å². The van der Waals surface area contributed by atoms with Crippen LogP contribution in [-0.4, -0.2) is 12.6 Å². The lowest BCUT2D eigenvalue weighted by atomic mass is 10.2. The van der Waals surface area contributed by atoms with E-state index in [1.54, 1.807) is 0 Å². The summed E-state index contributed by atoms with van der Waals surface area (Å²) in [5, 5.41) is 0. The van der Waals surface area contributed by atoms with Crippen LogP contribution in [0.5, 0.6) is 0 Å². The molecule has 0 amide bonds. The van der Waals surface area contributed by atoms with Gasteiger partial charge in [-0.2, -0.15) is 0 Å². The fourth-order valence-corrected chi connectivity index (χ4v) is 1.69. The maximum absolute atomic E-state index is 11.3. The van der Waals surface area contributed by atoms with Gasteiger partial charge in [-0.05, 0) is 24.0 Å². The van der Waals surface area contributed by atoms with E-state index in [1.165, 1.54) is 12.8 Å². The van der Waals surface area contributed by atoms with Crippen molar-refractivity contribution in [2.75, 3.05) is 6.61 Å². The van der Waals surface area contributed by atoms with Crippen LogP contribution in [0.15, 0.2) is 36.4 Å². The van der Waals surface area contributed by atoms with Crippen LogP contribution in [0.25, 0.3) is 6.08 Å². The first-order valence-corrected chi connectivity index (χ1v) is 6.22. The van der Waals surface area contributed by atoms with Crippen molar-refractivity contribution in [3.63, 3.8) is 0 Å². The van der Waals surface area contributed by atoms with E-state index in [-0.39, 0.29) is 5.97 Å². The van der Waals surface area contributed by atoms with E-state index in [0.29, 0.717) is 13.0 Å². The molecule has 1 aliphatic carbocycles. The summed E-state index contributed by atoms with van der Waals surface area (Å²) in [7, 11) is 0. The molecule has 1 saturated carbocycles. The van der Waals surface area contributed by atoms with E-state index in [2.05, 4.69) is 0 Å². The Balaban J connectivity index is 1.61. The second-order valence-corrected chi connectivity index (χ2v) is 4.48. The number of ether oxygens (including phenoxy) is 1. The minimum absolute atomic E-state index is 0.0744. The molecule has 1 aromatic carbocycles. The van der Waals surface area contributed by atoms with Gasteiger partial charge in [-0.1, -0.05) is 49.2 Å². The van der Waals surface area contributed by atoms with Gasteiger partial charge in [0.15, 0.2) is 0 Å². The van der Waals surface area contributed by atoms with Gasteiger partial charge in [-0.3, -0.25) is 4.79 Å².